The predicted molar refractivity (Wildman–Crippen MR) is 50.1 cm³/mol. The molecule has 0 bridgehead atoms. The van der Waals surface area contributed by atoms with Gasteiger partial charge in [0.15, 0.2) is 0 Å². The van der Waals surface area contributed by atoms with E-state index in [4.69, 9.17) is 0 Å². The van der Waals surface area contributed by atoms with E-state index in [1.165, 1.54) is 24.7 Å². The molecule has 1 nitrogen and oxygen atoms in total. The fourth-order valence-corrected chi connectivity index (χ4v) is 2.09. The summed E-state index contributed by atoms with van der Waals surface area (Å²) < 4.78 is 0. The summed E-state index contributed by atoms with van der Waals surface area (Å²) in [7, 11) is 4.29. The summed E-state index contributed by atoms with van der Waals surface area (Å²) in [6, 6.07) is 0. The Bertz CT molecular complexity index is 61.7. The van der Waals surface area contributed by atoms with Crippen LogP contribution in [-0.2, 0) is 0 Å². The van der Waals surface area contributed by atoms with Crippen LogP contribution in [0.5, 0.6) is 0 Å². The van der Waals surface area contributed by atoms with E-state index in [2.05, 4.69) is 30.6 Å². The van der Waals surface area contributed by atoms with E-state index in [-0.39, 0.29) is 14.1 Å². The molecule has 0 saturated heterocycles. The van der Waals surface area contributed by atoms with E-state index in [0.29, 0.717) is 0 Å². The summed E-state index contributed by atoms with van der Waals surface area (Å²) in [6.45, 7) is 1.27. The van der Waals surface area contributed by atoms with Gasteiger partial charge in [0, 0.05) is 0 Å². The van der Waals surface area contributed by atoms with Crippen molar-refractivity contribution in [2.45, 2.75) is 29.7 Å². The average Bonchev–Trinajstić information content (AvgIpc) is 1.79. The molecule has 0 radical (unpaired) electrons. The largest absolute Gasteiger partial charge is 0.309 e. The molecule has 10 heavy (non-hydrogen) atoms. The van der Waals surface area contributed by atoms with Gasteiger partial charge < -0.3 is 4.90 Å². The summed E-state index contributed by atoms with van der Waals surface area (Å²) >= 11 is -0.252. The molecular weight excluding hydrogens is 137 g/mol. The standard InChI is InChI=1S/C6H14N.2CH3.Al/c1-4-5-6-7(2)3;;;/h1,4-6H2,2-3H3;2*1H3;. The zero-order valence-electron chi connectivity index (χ0n) is 7.85. The van der Waals surface area contributed by atoms with Crippen LogP contribution in [0.1, 0.15) is 12.8 Å². The van der Waals surface area contributed by atoms with Gasteiger partial charge in [0.2, 0.25) is 0 Å². The van der Waals surface area contributed by atoms with Crippen LogP contribution in [0.25, 0.3) is 0 Å². The molecule has 0 unspecified atom stereocenters. The van der Waals surface area contributed by atoms with Gasteiger partial charge in [-0.15, -0.1) is 11.6 Å². The van der Waals surface area contributed by atoms with Gasteiger partial charge in [-0.1, -0.05) is 11.7 Å². The molecule has 0 heterocycles. The Labute approximate surface area is 69.8 Å². The third-order valence-corrected chi connectivity index (χ3v) is 3.20. The molecular formula is C8H20AlN. The van der Waals surface area contributed by atoms with Crippen molar-refractivity contribution in [3.8, 4) is 0 Å². The Balaban J connectivity index is 2.91. The van der Waals surface area contributed by atoms with Crippen LogP contribution < -0.4 is 0 Å². The molecule has 0 amide bonds. The lowest BCUT2D eigenvalue weighted by molar-refractivity contribution is 0.398. The quantitative estimate of drug-likeness (QED) is 0.436. The third kappa shape index (κ3) is 8.49. The molecule has 0 aliphatic rings. The maximum atomic E-state index is 2.43. The molecule has 0 aliphatic heterocycles. The van der Waals surface area contributed by atoms with Crippen molar-refractivity contribution in [1.82, 2.24) is 4.90 Å². The maximum Gasteiger partial charge on any atom is 0.255 e. The first kappa shape index (κ1) is 10.5. The molecule has 0 spiro atoms. The topological polar surface area (TPSA) is 3.24 Å². The molecule has 60 valence electrons. The predicted octanol–water partition coefficient (Wildman–Crippen LogP) is 2.08. The molecule has 0 aromatic heterocycles. The highest BCUT2D eigenvalue weighted by Gasteiger charge is 2.00. The minimum Gasteiger partial charge on any atom is -0.309 e. The first-order valence-electron chi connectivity index (χ1n) is 4.27. The summed E-state index contributed by atoms with van der Waals surface area (Å²) in [6.07, 6.45) is 2.83. The molecule has 0 fully saturated rings. The van der Waals surface area contributed by atoms with Crippen LogP contribution >= 0.6 is 0 Å². The molecule has 0 atom stereocenters. The van der Waals surface area contributed by atoms with Gasteiger partial charge in [-0.3, -0.25) is 0 Å². The minimum atomic E-state index is -0.252. The van der Waals surface area contributed by atoms with Gasteiger partial charge in [0.05, 0.1) is 0 Å². The number of nitrogens with zero attached hydrogens (tertiary/aromatic N) is 1. The van der Waals surface area contributed by atoms with Crippen LogP contribution in [0.2, 0.25) is 16.9 Å². The molecule has 0 saturated carbocycles. The summed E-state index contributed by atoms with van der Waals surface area (Å²) in [5.74, 6) is 4.85. The maximum absolute atomic E-state index is 2.43. The number of hydrogen-bond donors (Lipinski definition) is 0. The minimum absolute atomic E-state index is 0.252. The van der Waals surface area contributed by atoms with Gasteiger partial charge in [0.25, 0.3) is 14.1 Å². The van der Waals surface area contributed by atoms with Gasteiger partial charge >= 0.3 is 0 Å². The molecule has 0 N–H and O–H groups in total. The lowest BCUT2D eigenvalue weighted by atomic mass is 10.3. The van der Waals surface area contributed by atoms with Gasteiger partial charge in [-0.2, -0.15) is 0 Å². The zero-order valence-corrected chi connectivity index (χ0v) is 9.01. The van der Waals surface area contributed by atoms with E-state index in [0.717, 1.165) is 0 Å². The van der Waals surface area contributed by atoms with Crippen molar-refractivity contribution >= 4 is 14.1 Å². The molecule has 0 rings (SSSR count). The molecule has 0 aliphatic carbocycles. The second-order valence-corrected chi connectivity index (χ2v) is 7.06. The van der Waals surface area contributed by atoms with Crippen molar-refractivity contribution < 1.29 is 0 Å². The number of hydrogen-bond acceptors (Lipinski definition) is 1. The number of unbranched alkanes of at least 4 members (excludes halogenated alkanes) is 1. The highest BCUT2D eigenvalue weighted by Crippen LogP contribution is 2.00. The van der Waals surface area contributed by atoms with Crippen LogP contribution in [0.4, 0.5) is 0 Å². The van der Waals surface area contributed by atoms with Crippen molar-refractivity contribution in [2.24, 2.45) is 0 Å². The van der Waals surface area contributed by atoms with Crippen LogP contribution in [0, 0.1) is 0 Å². The average molecular weight is 157 g/mol. The highest BCUT2D eigenvalue weighted by molar-refractivity contribution is 6.55. The highest BCUT2D eigenvalue weighted by atomic mass is 27.2. The molecule has 0 aromatic rings. The first-order valence-corrected chi connectivity index (χ1v) is 7.40. The van der Waals surface area contributed by atoms with Crippen LogP contribution in [-0.4, -0.2) is 39.7 Å². The smallest absolute Gasteiger partial charge is 0.255 e. The van der Waals surface area contributed by atoms with E-state index in [1.54, 1.807) is 0 Å². The van der Waals surface area contributed by atoms with Crippen molar-refractivity contribution in [1.29, 1.82) is 0 Å². The fraction of sp³-hybridized carbons (Fsp3) is 1.00. The monoisotopic (exact) mass is 157 g/mol. The Hall–Kier alpha value is 0.492. The van der Waals surface area contributed by atoms with E-state index in [1.807, 2.05) is 0 Å². The lowest BCUT2D eigenvalue weighted by Gasteiger charge is -2.08. The lowest BCUT2D eigenvalue weighted by Crippen LogP contribution is -2.13. The summed E-state index contributed by atoms with van der Waals surface area (Å²) in [5.41, 5.74) is 0. The zero-order chi connectivity index (χ0) is 7.98. The second-order valence-electron chi connectivity index (χ2n) is 3.69. The Morgan fingerprint density at radius 2 is 1.70 bits per heavy atom. The summed E-state index contributed by atoms with van der Waals surface area (Å²) in [5, 5.41) is 1.52. The third-order valence-electron chi connectivity index (χ3n) is 1.64. The van der Waals surface area contributed by atoms with Gasteiger partial charge in [-0.05, 0) is 27.1 Å². The van der Waals surface area contributed by atoms with E-state index < -0.39 is 0 Å². The van der Waals surface area contributed by atoms with E-state index in [9.17, 15) is 0 Å². The normalized spacial score (nSPS) is 10.5. The van der Waals surface area contributed by atoms with Crippen molar-refractivity contribution in [2.75, 3.05) is 20.6 Å². The molecule has 2 heteroatoms. The second kappa shape index (κ2) is 6.22. The SMILES string of the molecule is CN(C)CCC[CH2][Al]([CH3])[CH3]. The van der Waals surface area contributed by atoms with Crippen LogP contribution in [0.3, 0.4) is 0 Å². The first-order chi connectivity index (χ1) is 4.63. The molecule has 0 aromatic carbocycles. The Kier molecular flexibility index (Phi) is 6.52. The van der Waals surface area contributed by atoms with Gasteiger partial charge in [-0.25, -0.2) is 0 Å². The van der Waals surface area contributed by atoms with Crippen LogP contribution in [0.15, 0.2) is 0 Å². The Morgan fingerprint density at radius 1 is 1.10 bits per heavy atom. The Morgan fingerprint density at radius 3 is 2.10 bits per heavy atom. The van der Waals surface area contributed by atoms with Crippen molar-refractivity contribution in [3.63, 3.8) is 0 Å². The van der Waals surface area contributed by atoms with Crippen molar-refractivity contribution in [3.05, 3.63) is 0 Å². The van der Waals surface area contributed by atoms with Gasteiger partial charge in [0.1, 0.15) is 0 Å². The fourth-order valence-electron chi connectivity index (χ4n) is 0.981. The number of rotatable bonds is 5. The summed E-state index contributed by atoms with van der Waals surface area (Å²) in [4.78, 5) is 2.27. The van der Waals surface area contributed by atoms with E-state index >= 15 is 0 Å².